The molecular weight excluding hydrogens is 265 g/mol. The molecule has 0 aromatic heterocycles. The summed E-state index contributed by atoms with van der Waals surface area (Å²) in [6.07, 6.45) is -9.46. The molecule has 1 rings (SSSR count). The Hall–Kier alpha value is -1.01. The van der Waals surface area contributed by atoms with Gasteiger partial charge in [0.2, 0.25) is 0 Å². The first-order chi connectivity index (χ1) is 7.89. The molecule has 0 heterocycles. The molecule has 1 aliphatic carbocycles. The van der Waals surface area contributed by atoms with Crippen molar-refractivity contribution in [3.05, 3.63) is 29.7 Å². The molecule has 18 heavy (non-hydrogen) atoms. The Morgan fingerprint density at radius 3 is 1.72 bits per heavy atom. The molecule has 1 atom stereocenters. The molecule has 0 saturated carbocycles. The first kappa shape index (κ1) is 15.0. The molecule has 1 unspecified atom stereocenters. The van der Waals surface area contributed by atoms with Gasteiger partial charge in [-0.05, 0) is 19.3 Å². The summed E-state index contributed by atoms with van der Waals surface area (Å²) in [5, 5.41) is 0. The van der Waals surface area contributed by atoms with Crippen LogP contribution in [0, 0.1) is 12.3 Å². The largest absolute Gasteiger partial charge is 0.435 e. The molecule has 0 aromatic rings. The van der Waals surface area contributed by atoms with E-state index in [4.69, 9.17) is 0 Å². The summed E-state index contributed by atoms with van der Waals surface area (Å²) in [5.41, 5.74) is -6.57. The maximum Gasteiger partial charge on any atom is 0.435 e. The van der Waals surface area contributed by atoms with Gasteiger partial charge >= 0.3 is 18.0 Å². The summed E-state index contributed by atoms with van der Waals surface area (Å²) in [5.74, 6) is -0.690. The van der Waals surface area contributed by atoms with E-state index in [-0.39, 0.29) is 5.57 Å². The van der Waals surface area contributed by atoms with Gasteiger partial charge in [-0.3, -0.25) is 0 Å². The van der Waals surface area contributed by atoms with Gasteiger partial charge in [0.1, 0.15) is 0 Å². The minimum Gasteiger partial charge on any atom is -0.218 e. The van der Waals surface area contributed by atoms with Gasteiger partial charge in [0.25, 0.3) is 0 Å². The third-order valence-electron chi connectivity index (χ3n) is 2.53. The van der Waals surface area contributed by atoms with E-state index < -0.39 is 29.5 Å². The van der Waals surface area contributed by atoms with Crippen LogP contribution in [0.25, 0.3) is 0 Å². The van der Waals surface area contributed by atoms with Gasteiger partial charge in [-0.1, -0.05) is 24.6 Å². The second kappa shape index (κ2) is 4.28. The van der Waals surface area contributed by atoms with Crippen LogP contribution in [-0.4, -0.2) is 18.0 Å². The number of halogens is 7. The normalized spacial score (nSPS) is 22.6. The average molecular weight is 275 g/mol. The molecule has 1 aliphatic rings. The molecule has 0 aliphatic heterocycles. The third kappa shape index (κ3) is 2.40. The maximum absolute atomic E-state index is 13.7. The number of hydrogen-bond donors (Lipinski definition) is 0. The molecule has 1 radical (unpaired) electrons. The van der Waals surface area contributed by atoms with E-state index in [1.807, 2.05) is 0 Å². The fraction of sp³-hybridized carbons (Fsp3) is 0.545. The fourth-order valence-corrected chi connectivity index (χ4v) is 1.79. The van der Waals surface area contributed by atoms with Gasteiger partial charge < -0.3 is 0 Å². The molecule has 0 N–H and O–H groups in total. The van der Waals surface area contributed by atoms with Crippen molar-refractivity contribution >= 4 is 0 Å². The summed E-state index contributed by atoms with van der Waals surface area (Å²) in [7, 11) is 0. The number of rotatable bonds is 1. The summed E-state index contributed by atoms with van der Waals surface area (Å²) < 4.78 is 88.4. The highest BCUT2D eigenvalue weighted by Crippen LogP contribution is 2.52. The van der Waals surface area contributed by atoms with E-state index >= 15 is 0 Å². The highest BCUT2D eigenvalue weighted by Gasteiger charge is 2.74. The van der Waals surface area contributed by atoms with Crippen molar-refractivity contribution in [3.63, 3.8) is 0 Å². The van der Waals surface area contributed by atoms with E-state index in [0.717, 1.165) is 0 Å². The fourth-order valence-electron chi connectivity index (χ4n) is 1.79. The molecular formula is C11H10F7. The average Bonchev–Trinajstić information content (AvgIpc) is 2.11. The molecule has 0 aromatic carbocycles. The van der Waals surface area contributed by atoms with Gasteiger partial charge in [-0.25, -0.2) is 4.39 Å². The Balaban J connectivity index is 3.39. The van der Waals surface area contributed by atoms with Crippen molar-refractivity contribution < 1.29 is 30.7 Å². The van der Waals surface area contributed by atoms with E-state index in [2.05, 4.69) is 0 Å². The first-order valence-electron chi connectivity index (χ1n) is 4.97. The molecule has 0 saturated heterocycles. The Bertz CT molecular complexity index is 369. The Morgan fingerprint density at radius 1 is 0.944 bits per heavy atom. The van der Waals surface area contributed by atoms with Crippen molar-refractivity contribution in [1.82, 2.24) is 0 Å². The minimum absolute atomic E-state index is 0.163. The van der Waals surface area contributed by atoms with Crippen molar-refractivity contribution in [3.8, 4) is 0 Å². The van der Waals surface area contributed by atoms with Crippen molar-refractivity contribution in [2.45, 2.75) is 31.9 Å². The van der Waals surface area contributed by atoms with Gasteiger partial charge in [-0.15, -0.1) is 0 Å². The SMILES string of the molecule is CC1=CC(C(F)(C(F)(F)F)C(F)(F)F)=CC(C)[CH]1. The van der Waals surface area contributed by atoms with Crippen molar-refractivity contribution in [2.75, 3.05) is 0 Å². The molecule has 0 fully saturated rings. The van der Waals surface area contributed by atoms with Crippen LogP contribution in [0.5, 0.6) is 0 Å². The monoisotopic (exact) mass is 275 g/mol. The van der Waals surface area contributed by atoms with Crippen LogP contribution in [0.1, 0.15) is 13.8 Å². The predicted molar refractivity (Wildman–Crippen MR) is 51.3 cm³/mol. The maximum atomic E-state index is 13.7. The zero-order valence-electron chi connectivity index (χ0n) is 9.46. The zero-order valence-corrected chi connectivity index (χ0v) is 9.46. The van der Waals surface area contributed by atoms with E-state index in [1.54, 1.807) is 0 Å². The lowest BCUT2D eigenvalue weighted by Gasteiger charge is -2.33. The van der Waals surface area contributed by atoms with Crippen LogP contribution in [0.15, 0.2) is 23.3 Å². The summed E-state index contributed by atoms with van der Waals surface area (Å²) >= 11 is 0. The van der Waals surface area contributed by atoms with Gasteiger partial charge in [0, 0.05) is 5.57 Å². The molecule has 0 bridgehead atoms. The molecule has 0 amide bonds. The summed E-state index contributed by atoms with van der Waals surface area (Å²) in [6, 6.07) is 0. The molecule has 7 heteroatoms. The molecule has 0 spiro atoms. The van der Waals surface area contributed by atoms with Crippen LogP contribution in [0.2, 0.25) is 0 Å². The number of allylic oxidation sites excluding steroid dienone is 4. The summed E-state index contributed by atoms with van der Waals surface area (Å²) in [4.78, 5) is 0. The van der Waals surface area contributed by atoms with Crippen LogP contribution < -0.4 is 0 Å². The van der Waals surface area contributed by atoms with Crippen molar-refractivity contribution in [1.29, 1.82) is 0 Å². The standard InChI is InChI=1S/C11H10F7/c1-6-3-7(2)5-8(4-6)9(12,10(13,14)15)11(16,17)18/h3-6H,1-2H3. The zero-order chi connectivity index (χ0) is 14.4. The van der Waals surface area contributed by atoms with Gasteiger partial charge in [-0.2, -0.15) is 26.3 Å². The minimum atomic E-state index is -6.05. The lowest BCUT2D eigenvalue weighted by molar-refractivity contribution is -0.325. The Morgan fingerprint density at radius 2 is 1.39 bits per heavy atom. The number of hydrogen-bond acceptors (Lipinski definition) is 0. The van der Waals surface area contributed by atoms with Gasteiger partial charge in [0.15, 0.2) is 0 Å². The Kier molecular flexibility index (Phi) is 3.57. The molecule has 103 valence electrons. The highest BCUT2D eigenvalue weighted by molar-refractivity contribution is 5.42. The van der Waals surface area contributed by atoms with Crippen LogP contribution in [0.4, 0.5) is 30.7 Å². The second-order valence-corrected chi connectivity index (χ2v) is 4.19. The topological polar surface area (TPSA) is 0 Å². The lowest BCUT2D eigenvalue weighted by atomic mass is 9.84. The highest BCUT2D eigenvalue weighted by atomic mass is 19.4. The van der Waals surface area contributed by atoms with Crippen LogP contribution in [0.3, 0.4) is 0 Å². The van der Waals surface area contributed by atoms with Gasteiger partial charge in [0.05, 0.1) is 0 Å². The molecule has 0 nitrogen and oxygen atoms in total. The predicted octanol–water partition coefficient (Wildman–Crippen LogP) is 4.55. The summed E-state index contributed by atoms with van der Waals surface area (Å²) in [6.45, 7) is 2.69. The quantitative estimate of drug-likeness (QED) is 0.616. The third-order valence-corrected chi connectivity index (χ3v) is 2.53. The first-order valence-corrected chi connectivity index (χ1v) is 4.97. The van der Waals surface area contributed by atoms with Crippen LogP contribution >= 0.6 is 0 Å². The van der Waals surface area contributed by atoms with Crippen molar-refractivity contribution in [2.24, 2.45) is 5.92 Å². The van der Waals surface area contributed by atoms with E-state index in [9.17, 15) is 30.7 Å². The number of alkyl halides is 7. The van der Waals surface area contributed by atoms with E-state index in [0.29, 0.717) is 12.2 Å². The Labute approximate surface area is 99.2 Å². The van der Waals surface area contributed by atoms with Crippen LogP contribution in [-0.2, 0) is 0 Å². The lowest BCUT2D eigenvalue weighted by Crippen LogP contribution is -2.54. The smallest absolute Gasteiger partial charge is 0.218 e. The van der Waals surface area contributed by atoms with E-state index in [1.165, 1.54) is 20.3 Å². The second-order valence-electron chi connectivity index (χ2n) is 4.19.